The van der Waals surface area contributed by atoms with Gasteiger partial charge in [0.25, 0.3) is 0 Å². The third kappa shape index (κ3) is 4.62. The fourth-order valence-corrected chi connectivity index (χ4v) is 1.34. The molecule has 0 spiro atoms. The average molecular weight is 249 g/mol. The lowest BCUT2D eigenvalue weighted by Crippen LogP contribution is -2.23. The Morgan fingerprint density at radius 3 is 2.59 bits per heavy atom. The molecule has 0 heterocycles. The van der Waals surface area contributed by atoms with Crippen LogP contribution in [0.15, 0.2) is 24.3 Å². The molecule has 2 N–H and O–H groups in total. The van der Waals surface area contributed by atoms with Crippen LogP contribution in [0.1, 0.15) is 11.7 Å². The SMILES string of the molecule is COc1cccc(C(CN)OCC(F)(F)F)c1. The van der Waals surface area contributed by atoms with Gasteiger partial charge < -0.3 is 15.2 Å². The molecular weight excluding hydrogens is 235 g/mol. The van der Waals surface area contributed by atoms with Crippen LogP contribution in [-0.2, 0) is 4.74 Å². The van der Waals surface area contributed by atoms with E-state index in [0.717, 1.165) is 0 Å². The van der Waals surface area contributed by atoms with Gasteiger partial charge in [0.15, 0.2) is 0 Å². The topological polar surface area (TPSA) is 44.5 Å². The third-order valence-corrected chi connectivity index (χ3v) is 2.13. The molecular formula is C11H14F3NO2. The predicted molar refractivity (Wildman–Crippen MR) is 56.8 cm³/mol. The van der Waals surface area contributed by atoms with E-state index in [1.165, 1.54) is 7.11 Å². The Morgan fingerprint density at radius 2 is 2.06 bits per heavy atom. The van der Waals surface area contributed by atoms with Gasteiger partial charge in [-0.3, -0.25) is 0 Å². The van der Waals surface area contributed by atoms with Crippen molar-refractivity contribution < 1.29 is 22.6 Å². The monoisotopic (exact) mass is 249 g/mol. The zero-order chi connectivity index (χ0) is 12.9. The standard InChI is InChI=1S/C11H14F3NO2/c1-16-9-4-2-3-8(5-9)10(6-15)17-7-11(12,13)14/h2-5,10H,6-7,15H2,1H3. The Kier molecular flexibility index (Phi) is 4.77. The van der Waals surface area contributed by atoms with Gasteiger partial charge in [0, 0.05) is 6.54 Å². The second kappa shape index (κ2) is 5.88. The van der Waals surface area contributed by atoms with E-state index >= 15 is 0 Å². The van der Waals surface area contributed by atoms with Gasteiger partial charge in [0.2, 0.25) is 0 Å². The first-order valence-electron chi connectivity index (χ1n) is 4.98. The molecule has 0 saturated carbocycles. The first-order chi connectivity index (χ1) is 7.96. The molecule has 0 radical (unpaired) electrons. The summed E-state index contributed by atoms with van der Waals surface area (Å²) in [5.41, 5.74) is 5.96. The molecule has 96 valence electrons. The van der Waals surface area contributed by atoms with Crippen LogP contribution in [0.3, 0.4) is 0 Å². The number of hydrogen-bond acceptors (Lipinski definition) is 3. The molecule has 1 atom stereocenters. The highest BCUT2D eigenvalue weighted by molar-refractivity contribution is 5.30. The van der Waals surface area contributed by atoms with E-state index in [0.29, 0.717) is 11.3 Å². The van der Waals surface area contributed by atoms with E-state index in [1.54, 1.807) is 24.3 Å². The number of benzene rings is 1. The summed E-state index contributed by atoms with van der Waals surface area (Å²) in [7, 11) is 1.48. The molecule has 1 aromatic carbocycles. The molecule has 0 aliphatic carbocycles. The minimum absolute atomic E-state index is 0.0246. The summed E-state index contributed by atoms with van der Waals surface area (Å²) in [6.45, 7) is -1.34. The van der Waals surface area contributed by atoms with Gasteiger partial charge in [-0.05, 0) is 17.7 Å². The summed E-state index contributed by atoms with van der Waals surface area (Å²) in [6, 6.07) is 6.62. The normalized spacial score (nSPS) is 13.5. The Morgan fingerprint density at radius 1 is 1.35 bits per heavy atom. The predicted octanol–water partition coefficient (Wildman–Crippen LogP) is 2.27. The van der Waals surface area contributed by atoms with Gasteiger partial charge in [-0.25, -0.2) is 0 Å². The van der Waals surface area contributed by atoms with Gasteiger partial charge in [0.05, 0.1) is 13.2 Å². The third-order valence-electron chi connectivity index (χ3n) is 2.13. The second-order valence-electron chi connectivity index (χ2n) is 3.43. The van der Waals surface area contributed by atoms with Gasteiger partial charge in [-0.15, -0.1) is 0 Å². The Labute approximate surface area is 97.3 Å². The first kappa shape index (κ1) is 13.8. The van der Waals surface area contributed by atoms with Gasteiger partial charge in [-0.1, -0.05) is 12.1 Å². The Bertz CT molecular complexity index is 355. The zero-order valence-electron chi connectivity index (χ0n) is 9.33. The summed E-state index contributed by atoms with van der Waals surface area (Å²) < 4.78 is 45.8. The molecule has 0 aromatic heterocycles. The zero-order valence-corrected chi connectivity index (χ0v) is 9.33. The highest BCUT2D eigenvalue weighted by atomic mass is 19.4. The lowest BCUT2D eigenvalue weighted by Gasteiger charge is -2.18. The number of nitrogens with two attached hydrogens (primary N) is 1. The number of ether oxygens (including phenoxy) is 2. The quantitative estimate of drug-likeness (QED) is 0.870. The number of hydrogen-bond donors (Lipinski definition) is 1. The van der Waals surface area contributed by atoms with Crippen molar-refractivity contribution in [1.29, 1.82) is 0 Å². The molecule has 0 fully saturated rings. The summed E-state index contributed by atoms with van der Waals surface area (Å²) in [5.74, 6) is 0.552. The van der Waals surface area contributed by atoms with Crippen molar-refractivity contribution >= 4 is 0 Å². The molecule has 0 bridgehead atoms. The van der Waals surface area contributed by atoms with Crippen LogP contribution in [0, 0.1) is 0 Å². The maximum Gasteiger partial charge on any atom is 0.411 e. The van der Waals surface area contributed by atoms with Crippen LogP contribution in [-0.4, -0.2) is 26.4 Å². The molecule has 1 unspecified atom stereocenters. The average Bonchev–Trinajstić information content (AvgIpc) is 2.29. The molecule has 6 heteroatoms. The largest absolute Gasteiger partial charge is 0.497 e. The number of alkyl halides is 3. The van der Waals surface area contributed by atoms with E-state index < -0.39 is 18.9 Å². The highest BCUT2D eigenvalue weighted by Crippen LogP contribution is 2.24. The van der Waals surface area contributed by atoms with Crippen molar-refractivity contribution in [3.63, 3.8) is 0 Å². The Balaban J connectivity index is 2.72. The molecule has 0 saturated heterocycles. The molecule has 0 aliphatic rings. The van der Waals surface area contributed by atoms with Crippen molar-refractivity contribution in [3.05, 3.63) is 29.8 Å². The van der Waals surface area contributed by atoms with E-state index in [2.05, 4.69) is 0 Å². The first-order valence-corrected chi connectivity index (χ1v) is 4.98. The van der Waals surface area contributed by atoms with E-state index in [-0.39, 0.29) is 6.54 Å². The lowest BCUT2D eigenvalue weighted by molar-refractivity contribution is -0.185. The van der Waals surface area contributed by atoms with E-state index in [1.807, 2.05) is 0 Å². The van der Waals surface area contributed by atoms with Crippen LogP contribution in [0.25, 0.3) is 0 Å². The fourth-order valence-electron chi connectivity index (χ4n) is 1.34. The Hall–Kier alpha value is -1.27. The smallest absolute Gasteiger partial charge is 0.411 e. The minimum Gasteiger partial charge on any atom is -0.497 e. The minimum atomic E-state index is -4.35. The van der Waals surface area contributed by atoms with Crippen molar-refractivity contribution in [1.82, 2.24) is 0 Å². The summed E-state index contributed by atoms with van der Waals surface area (Å²) >= 11 is 0. The molecule has 17 heavy (non-hydrogen) atoms. The van der Waals surface area contributed by atoms with Crippen LogP contribution in [0.4, 0.5) is 13.2 Å². The fraction of sp³-hybridized carbons (Fsp3) is 0.455. The molecule has 1 rings (SSSR count). The van der Waals surface area contributed by atoms with Crippen LogP contribution >= 0.6 is 0 Å². The number of halogens is 3. The number of rotatable bonds is 5. The van der Waals surface area contributed by atoms with Gasteiger partial charge >= 0.3 is 6.18 Å². The summed E-state index contributed by atoms with van der Waals surface area (Å²) in [4.78, 5) is 0. The van der Waals surface area contributed by atoms with Crippen molar-refractivity contribution in [3.8, 4) is 5.75 Å². The second-order valence-corrected chi connectivity index (χ2v) is 3.43. The van der Waals surface area contributed by atoms with Crippen LogP contribution in [0.5, 0.6) is 5.75 Å². The number of methoxy groups -OCH3 is 1. The summed E-state index contributed by atoms with van der Waals surface area (Å²) in [5, 5.41) is 0. The molecule has 0 amide bonds. The van der Waals surface area contributed by atoms with Crippen LogP contribution < -0.4 is 10.5 Å². The van der Waals surface area contributed by atoms with Gasteiger partial charge in [0.1, 0.15) is 12.4 Å². The summed E-state index contributed by atoms with van der Waals surface area (Å²) in [6.07, 6.45) is -5.14. The highest BCUT2D eigenvalue weighted by Gasteiger charge is 2.29. The van der Waals surface area contributed by atoms with E-state index in [9.17, 15) is 13.2 Å². The van der Waals surface area contributed by atoms with Gasteiger partial charge in [-0.2, -0.15) is 13.2 Å². The maximum absolute atomic E-state index is 12.0. The van der Waals surface area contributed by atoms with Crippen molar-refractivity contribution in [2.75, 3.05) is 20.3 Å². The van der Waals surface area contributed by atoms with Crippen molar-refractivity contribution in [2.24, 2.45) is 5.73 Å². The lowest BCUT2D eigenvalue weighted by atomic mass is 10.1. The maximum atomic E-state index is 12.0. The molecule has 3 nitrogen and oxygen atoms in total. The molecule has 0 aliphatic heterocycles. The van der Waals surface area contributed by atoms with Crippen LogP contribution in [0.2, 0.25) is 0 Å². The van der Waals surface area contributed by atoms with E-state index in [4.69, 9.17) is 15.2 Å². The molecule has 1 aromatic rings. The van der Waals surface area contributed by atoms with Crippen molar-refractivity contribution in [2.45, 2.75) is 12.3 Å².